The van der Waals surface area contributed by atoms with Gasteiger partial charge in [-0.2, -0.15) is 0 Å². The van der Waals surface area contributed by atoms with Crippen molar-refractivity contribution in [1.82, 2.24) is 0 Å². The molecular weight excluding hydrogens is 271 g/mol. The van der Waals surface area contributed by atoms with E-state index in [2.05, 4.69) is 0 Å². The van der Waals surface area contributed by atoms with Crippen molar-refractivity contribution in [1.29, 1.82) is 0 Å². The van der Waals surface area contributed by atoms with Gasteiger partial charge in [0.1, 0.15) is 5.82 Å². The molecule has 0 spiro atoms. The maximum Gasteiger partial charge on any atom is 0.331 e. The van der Waals surface area contributed by atoms with E-state index in [0.29, 0.717) is 5.57 Å². The molecule has 0 fully saturated rings. The summed E-state index contributed by atoms with van der Waals surface area (Å²) in [6, 6.07) is 3.47. The fourth-order valence-corrected chi connectivity index (χ4v) is 3.50. The first-order valence-corrected chi connectivity index (χ1v) is 7.49. The summed E-state index contributed by atoms with van der Waals surface area (Å²) in [6.45, 7) is 1.91. The Morgan fingerprint density at radius 1 is 1.47 bits per heavy atom. The number of sulfone groups is 1. The minimum Gasteiger partial charge on any atom is -0.463 e. The van der Waals surface area contributed by atoms with Crippen LogP contribution in [-0.2, 0) is 19.4 Å². The van der Waals surface area contributed by atoms with Crippen LogP contribution in [0, 0.1) is 5.82 Å². The van der Waals surface area contributed by atoms with E-state index in [1.54, 1.807) is 6.92 Å². The van der Waals surface area contributed by atoms with Gasteiger partial charge < -0.3 is 4.74 Å². The predicted molar refractivity (Wildman–Crippen MR) is 67.7 cm³/mol. The molecule has 1 aromatic carbocycles. The SMILES string of the molecule is CCOC(=O)/C=C1\CCS(=O)(=O)c2ccc(F)cc21. The Morgan fingerprint density at radius 3 is 2.89 bits per heavy atom. The predicted octanol–water partition coefficient (Wildman–Crippen LogP) is 1.95. The number of benzene rings is 1. The number of carbonyl (C=O) groups excluding carboxylic acids is 1. The topological polar surface area (TPSA) is 60.4 Å². The van der Waals surface area contributed by atoms with Crippen LogP contribution in [0.4, 0.5) is 4.39 Å². The lowest BCUT2D eigenvalue weighted by atomic mass is 10.0. The lowest BCUT2D eigenvalue weighted by molar-refractivity contribution is -0.137. The van der Waals surface area contributed by atoms with Gasteiger partial charge in [-0.05, 0) is 42.7 Å². The van der Waals surface area contributed by atoms with Gasteiger partial charge in [0.25, 0.3) is 0 Å². The lowest BCUT2D eigenvalue weighted by Crippen LogP contribution is -2.16. The number of allylic oxidation sites excluding steroid dienone is 1. The molecule has 1 heterocycles. The number of hydrogen-bond acceptors (Lipinski definition) is 4. The molecule has 19 heavy (non-hydrogen) atoms. The molecule has 0 saturated heterocycles. The van der Waals surface area contributed by atoms with Gasteiger partial charge in [0.05, 0.1) is 17.3 Å². The minimum atomic E-state index is -3.40. The van der Waals surface area contributed by atoms with Crippen LogP contribution in [0.25, 0.3) is 5.57 Å². The van der Waals surface area contributed by atoms with Crippen LogP contribution < -0.4 is 0 Å². The van der Waals surface area contributed by atoms with Crippen molar-refractivity contribution in [3.8, 4) is 0 Å². The standard InChI is InChI=1S/C13H13FO4S/c1-2-18-13(15)7-9-5-6-19(16,17)12-4-3-10(14)8-11(9)12/h3-4,7-8H,2,5-6H2,1H3/b9-7+. The third-order valence-electron chi connectivity index (χ3n) is 2.84. The molecule has 0 saturated carbocycles. The molecule has 0 N–H and O–H groups in total. The highest BCUT2D eigenvalue weighted by Crippen LogP contribution is 2.33. The van der Waals surface area contributed by atoms with E-state index < -0.39 is 21.6 Å². The molecule has 1 aliphatic rings. The van der Waals surface area contributed by atoms with Crippen molar-refractivity contribution < 1.29 is 22.3 Å². The third kappa shape index (κ3) is 2.84. The van der Waals surface area contributed by atoms with Crippen LogP contribution in [0.2, 0.25) is 0 Å². The van der Waals surface area contributed by atoms with E-state index in [1.165, 1.54) is 12.1 Å². The fourth-order valence-electron chi connectivity index (χ4n) is 1.99. The molecule has 2 rings (SSSR count). The van der Waals surface area contributed by atoms with Gasteiger partial charge in [-0.1, -0.05) is 0 Å². The fraction of sp³-hybridized carbons (Fsp3) is 0.308. The summed E-state index contributed by atoms with van der Waals surface area (Å²) < 4.78 is 41.8. The molecule has 1 aliphatic heterocycles. The summed E-state index contributed by atoms with van der Waals surface area (Å²) in [6.07, 6.45) is 1.41. The molecule has 1 aromatic rings. The van der Waals surface area contributed by atoms with Gasteiger partial charge in [-0.25, -0.2) is 17.6 Å². The van der Waals surface area contributed by atoms with Crippen molar-refractivity contribution in [2.45, 2.75) is 18.2 Å². The van der Waals surface area contributed by atoms with Gasteiger partial charge in [0.2, 0.25) is 0 Å². The summed E-state index contributed by atoms with van der Waals surface area (Å²) in [7, 11) is -3.40. The molecule has 0 atom stereocenters. The molecule has 0 aromatic heterocycles. The number of esters is 1. The highest BCUT2D eigenvalue weighted by atomic mass is 32.2. The first-order chi connectivity index (χ1) is 8.94. The number of rotatable bonds is 2. The van der Waals surface area contributed by atoms with Crippen molar-refractivity contribution in [3.63, 3.8) is 0 Å². The van der Waals surface area contributed by atoms with E-state index in [9.17, 15) is 17.6 Å². The number of ether oxygens (including phenoxy) is 1. The van der Waals surface area contributed by atoms with Crippen molar-refractivity contribution >= 4 is 21.4 Å². The Labute approximate surface area is 110 Å². The van der Waals surface area contributed by atoms with Crippen LogP contribution in [-0.4, -0.2) is 26.7 Å². The summed E-state index contributed by atoms with van der Waals surface area (Å²) in [5.41, 5.74) is 0.738. The van der Waals surface area contributed by atoms with Crippen LogP contribution in [0.5, 0.6) is 0 Å². The second kappa shape index (κ2) is 5.13. The lowest BCUT2D eigenvalue weighted by Gasteiger charge is -2.19. The maximum atomic E-state index is 13.3. The normalized spacial score (nSPS) is 18.9. The van der Waals surface area contributed by atoms with Crippen molar-refractivity contribution in [3.05, 3.63) is 35.7 Å². The maximum absolute atomic E-state index is 13.3. The van der Waals surface area contributed by atoms with E-state index in [1.807, 2.05) is 0 Å². The van der Waals surface area contributed by atoms with Gasteiger partial charge in [-0.3, -0.25) is 0 Å². The Morgan fingerprint density at radius 2 is 2.21 bits per heavy atom. The smallest absolute Gasteiger partial charge is 0.331 e. The number of halogens is 1. The molecule has 4 nitrogen and oxygen atoms in total. The van der Waals surface area contributed by atoms with Crippen molar-refractivity contribution in [2.75, 3.05) is 12.4 Å². The van der Waals surface area contributed by atoms with E-state index in [0.717, 1.165) is 12.1 Å². The first-order valence-electron chi connectivity index (χ1n) is 5.84. The Balaban J connectivity index is 2.52. The minimum absolute atomic E-state index is 0.0655. The number of carbonyl (C=O) groups is 1. The Bertz CT molecular complexity index is 647. The second-order valence-electron chi connectivity index (χ2n) is 4.13. The summed E-state index contributed by atoms with van der Waals surface area (Å²) in [5, 5.41) is 0. The molecular formula is C13H13FO4S. The largest absolute Gasteiger partial charge is 0.463 e. The molecule has 6 heteroatoms. The highest BCUT2D eigenvalue weighted by Gasteiger charge is 2.27. The molecule has 0 radical (unpaired) electrons. The third-order valence-corrected chi connectivity index (χ3v) is 4.61. The molecule has 0 unspecified atom stereocenters. The van der Waals surface area contributed by atoms with Crippen molar-refractivity contribution in [2.24, 2.45) is 0 Å². The van der Waals surface area contributed by atoms with E-state index in [4.69, 9.17) is 4.74 Å². The quantitative estimate of drug-likeness (QED) is 0.473. The van der Waals surface area contributed by atoms with E-state index >= 15 is 0 Å². The zero-order valence-electron chi connectivity index (χ0n) is 10.3. The van der Waals surface area contributed by atoms with Crippen LogP contribution >= 0.6 is 0 Å². The Hall–Kier alpha value is -1.69. The molecule has 0 aliphatic carbocycles. The zero-order valence-corrected chi connectivity index (χ0v) is 11.2. The number of hydrogen-bond donors (Lipinski definition) is 0. The average Bonchev–Trinajstić information content (AvgIpc) is 2.33. The van der Waals surface area contributed by atoms with Crippen LogP contribution in [0.3, 0.4) is 0 Å². The van der Waals surface area contributed by atoms with Crippen LogP contribution in [0.1, 0.15) is 18.9 Å². The summed E-state index contributed by atoms with van der Waals surface area (Å²) >= 11 is 0. The van der Waals surface area contributed by atoms with Crippen LogP contribution in [0.15, 0.2) is 29.2 Å². The van der Waals surface area contributed by atoms with Gasteiger partial charge >= 0.3 is 5.97 Å². The second-order valence-corrected chi connectivity index (χ2v) is 6.21. The number of fused-ring (bicyclic) bond motifs is 1. The van der Waals surface area contributed by atoms with Gasteiger partial charge in [0.15, 0.2) is 9.84 Å². The molecule has 102 valence electrons. The average molecular weight is 284 g/mol. The van der Waals surface area contributed by atoms with E-state index in [-0.39, 0.29) is 29.2 Å². The van der Waals surface area contributed by atoms with Gasteiger partial charge in [-0.15, -0.1) is 0 Å². The summed E-state index contributed by atoms with van der Waals surface area (Å²) in [5.74, 6) is -1.17. The summed E-state index contributed by atoms with van der Waals surface area (Å²) in [4.78, 5) is 11.5. The first kappa shape index (κ1) is 13.7. The molecule has 0 bridgehead atoms. The van der Waals surface area contributed by atoms with Gasteiger partial charge in [0, 0.05) is 6.08 Å². The monoisotopic (exact) mass is 284 g/mol. The zero-order chi connectivity index (χ0) is 14.0. The Kier molecular flexibility index (Phi) is 3.71. The highest BCUT2D eigenvalue weighted by molar-refractivity contribution is 7.91. The molecule has 0 amide bonds.